The summed E-state index contributed by atoms with van der Waals surface area (Å²) in [6.45, 7) is 2.19. The Morgan fingerprint density at radius 1 is 0.958 bits per heavy atom. The van der Waals surface area contributed by atoms with Gasteiger partial charge in [0.1, 0.15) is 5.82 Å². The molecule has 0 saturated carbocycles. The first-order valence-electron chi connectivity index (χ1n) is 8.46. The Balaban J connectivity index is 1.48. The Labute approximate surface area is 141 Å². The molecular weight excluding hydrogens is 300 g/mol. The van der Waals surface area contributed by atoms with E-state index >= 15 is 0 Å². The van der Waals surface area contributed by atoms with Gasteiger partial charge in [-0.2, -0.15) is 4.98 Å². The average molecular weight is 320 g/mol. The van der Waals surface area contributed by atoms with Crippen LogP contribution < -0.4 is 4.90 Å². The van der Waals surface area contributed by atoms with Crippen LogP contribution in [0.5, 0.6) is 0 Å². The van der Waals surface area contributed by atoms with Gasteiger partial charge in [-0.3, -0.25) is 0 Å². The molecule has 0 unspecified atom stereocenters. The van der Waals surface area contributed by atoms with E-state index in [0.29, 0.717) is 18.1 Å². The van der Waals surface area contributed by atoms with Gasteiger partial charge in [-0.05, 0) is 37.0 Å². The molecule has 3 heterocycles. The fourth-order valence-corrected chi connectivity index (χ4v) is 3.04. The van der Waals surface area contributed by atoms with E-state index in [1.54, 1.807) is 0 Å². The Kier molecular flexibility index (Phi) is 4.23. The molecule has 0 N–H and O–H groups in total. The fraction of sp³-hybridized carbons (Fsp3) is 0.316. The summed E-state index contributed by atoms with van der Waals surface area (Å²) in [6.07, 6.45) is 6.30. The van der Waals surface area contributed by atoms with Crippen molar-refractivity contribution >= 4 is 5.82 Å². The first-order valence-corrected chi connectivity index (χ1v) is 8.46. The number of pyridine rings is 1. The predicted molar refractivity (Wildman–Crippen MR) is 92.8 cm³/mol. The van der Waals surface area contributed by atoms with Gasteiger partial charge in [0, 0.05) is 24.8 Å². The number of anilines is 1. The molecule has 5 heteroatoms. The van der Waals surface area contributed by atoms with Crippen LogP contribution in [0.1, 0.15) is 30.7 Å². The molecule has 0 amide bonds. The minimum absolute atomic E-state index is 0.596. The quantitative estimate of drug-likeness (QED) is 0.733. The third-order valence-corrected chi connectivity index (χ3v) is 4.35. The largest absolute Gasteiger partial charge is 0.357 e. The standard InChI is InChI=1S/C19H20N4O/c1-3-7-15(8-4-1)13-18-21-19(22-24-18)16-9-10-17(20-14-16)23-11-5-2-6-12-23/h1,3-4,7-10,14H,2,5-6,11-13H2. The molecule has 0 radical (unpaired) electrons. The number of piperidine rings is 1. The molecule has 1 aliphatic rings. The van der Waals surface area contributed by atoms with Crippen molar-refractivity contribution in [1.29, 1.82) is 0 Å². The van der Waals surface area contributed by atoms with Gasteiger partial charge in [0.15, 0.2) is 0 Å². The molecule has 3 aromatic rings. The second-order valence-corrected chi connectivity index (χ2v) is 6.13. The number of rotatable bonds is 4. The van der Waals surface area contributed by atoms with Crippen LogP contribution in [-0.4, -0.2) is 28.2 Å². The van der Waals surface area contributed by atoms with Gasteiger partial charge >= 0.3 is 0 Å². The molecule has 122 valence electrons. The predicted octanol–water partition coefficient (Wildman–Crippen LogP) is 3.71. The lowest BCUT2D eigenvalue weighted by atomic mass is 10.1. The maximum Gasteiger partial charge on any atom is 0.231 e. The van der Waals surface area contributed by atoms with E-state index in [1.807, 2.05) is 36.5 Å². The van der Waals surface area contributed by atoms with Gasteiger partial charge in [0.05, 0.1) is 6.42 Å². The van der Waals surface area contributed by atoms with Crippen LogP contribution in [-0.2, 0) is 6.42 Å². The van der Waals surface area contributed by atoms with Crippen molar-refractivity contribution in [1.82, 2.24) is 15.1 Å². The fourth-order valence-electron chi connectivity index (χ4n) is 3.04. The van der Waals surface area contributed by atoms with Crippen LogP contribution in [0, 0.1) is 0 Å². The maximum atomic E-state index is 5.37. The summed E-state index contributed by atoms with van der Waals surface area (Å²) < 4.78 is 5.37. The average Bonchev–Trinajstić information content (AvgIpc) is 3.12. The van der Waals surface area contributed by atoms with E-state index in [2.05, 4.69) is 32.2 Å². The summed E-state index contributed by atoms with van der Waals surface area (Å²) in [5.41, 5.74) is 2.05. The Bertz CT molecular complexity index is 777. The van der Waals surface area contributed by atoms with Gasteiger partial charge in [-0.1, -0.05) is 35.5 Å². The van der Waals surface area contributed by atoms with E-state index in [0.717, 1.165) is 30.0 Å². The minimum Gasteiger partial charge on any atom is -0.357 e. The number of aromatic nitrogens is 3. The van der Waals surface area contributed by atoms with Crippen molar-refractivity contribution in [2.75, 3.05) is 18.0 Å². The minimum atomic E-state index is 0.596. The normalized spacial score (nSPS) is 14.8. The zero-order valence-corrected chi connectivity index (χ0v) is 13.6. The lowest BCUT2D eigenvalue weighted by molar-refractivity contribution is 0.385. The smallest absolute Gasteiger partial charge is 0.231 e. The topological polar surface area (TPSA) is 55.1 Å². The van der Waals surface area contributed by atoms with Crippen molar-refractivity contribution in [2.24, 2.45) is 0 Å². The number of benzene rings is 1. The molecule has 0 bridgehead atoms. The highest BCUT2D eigenvalue weighted by Crippen LogP contribution is 2.21. The molecule has 1 aromatic carbocycles. The lowest BCUT2D eigenvalue weighted by Crippen LogP contribution is -2.29. The second kappa shape index (κ2) is 6.83. The van der Waals surface area contributed by atoms with Gasteiger partial charge in [0.2, 0.25) is 11.7 Å². The molecular formula is C19H20N4O. The monoisotopic (exact) mass is 320 g/mol. The van der Waals surface area contributed by atoms with Gasteiger partial charge < -0.3 is 9.42 Å². The number of hydrogen-bond donors (Lipinski definition) is 0. The Morgan fingerprint density at radius 2 is 1.79 bits per heavy atom. The first-order chi connectivity index (χ1) is 11.9. The van der Waals surface area contributed by atoms with Crippen molar-refractivity contribution < 1.29 is 4.52 Å². The van der Waals surface area contributed by atoms with Crippen LogP contribution in [0.25, 0.3) is 11.4 Å². The maximum absolute atomic E-state index is 5.37. The van der Waals surface area contributed by atoms with Crippen LogP contribution in [0.15, 0.2) is 53.2 Å². The molecule has 1 aliphatic heterocycles. The summed E-state index contributed by atoms with van der Waals surface area (Å²) >= 11 is 0. The third-order valence-electron chi connectivity index (χ3n) is 4.35. The van der Waals surface area contributed by atoms with Crippen LogP contribution in [0.3, 0.4) is 0 Å². The molecule has 0 atom stereocenters. The van der Waals surface area contributed by atoms with Crippen LogP contribution in [0.4, 0.5) is 5.82 Å². The Hall–Kier alpha value is -2.69. The van der Waals surface area contributed by atoms with Gasteiger partial charge in [-0.15, -0.1) is 0 Å². The Morgan fingerprint density at radius 3 is 2.54 bits per heavy atom. The third kappa shape index (κ3) is 3.30. The highest BCUT2D eigenvalue weighted by atomic mass is 16.5. The van der Waals surface area contributed by atoms with Crippen LogP contribution in [0.2, 0.25) is 0 Å². The van der Waals surface area contributed by atoms with E-state index in [9.17, 15) is 0 Å². The molecule has 4 rings (SSSR count). The molecule has 1 fully saturated rings. The highest BCUT2D eigenvalue weighted by molar-refractivity contribution is 5.56. The molecule has 24 heavy (non-hydrogen) atoms. The molecule has 2 aromatic heterocycles. The van der Waals surface area contributed by atoms with Gasteiger partial charge in [-0.25, -0.2) is 4.98 Å². The summed E-state index contributed by atoms with van der Waals surface area (Å²) in [5, 5.41) is 4.09. The van der Waals surface area contributed by atoms with E-state index in [4.69, 9.17) is 4.52 Å². The van der Waals surface area contributed by atoms with E-state index < -0.39 is 0 Å². The zero-order valence-electron chi connectivity index (χ0n) is 13.6. The highest BCUT2D eigenvalue weighted by Gasteiger charge is 2.13. The molecule has 0 aliphatic carbocycles. The number of nitrogens with zero attached hydrogens (tertiary/aromatic N) is 4. The van der Waals surface area contributed by atoms with Crippen LogP contribution >= 0.6 is 0 Å². The van der Waals surface area contributed by atoms with Crippen molar-refractivity contribution in [3.8, 4) is 11.4 Å². The SMILES string of the molecule is c1ccc(Cc2nc(-c3ccc(N4CCCCC4)nc3)no2)cc1. The van der Waals surface area contributed by atoms with E-state index in [1.165, 1.54) is 19.3 Å². The zero-order chi connectivity index (χ0) is 16.2. The van der Waals surface area contributed by atoms with E-state index in [-0.39, 0.29) is 0 Å². The molecule has 0 spiro atoms. The van der Waals surface area contributed by atoms with Gasteiger partial charge in [0.25, 0.3) is 0 Å². The molecule has 1 saturated heterocycles. The number of hydrogen-bond acceptors (Lipinski definition) is 5. The first kappa shape index (κ1) is 14.9. The van der Waals surface area contributed by atoms with Crippen molar-refractivity contribution in [2.45, 2.75) is 25.7 Å². The summed E-state index contributed by atoms with van der Waals surface area (Å²) in [7, 11) is 0. The second-order valence-electron chi connectivity index (χ2n) is 6.13. The summed E-state index contributed by atoms with van der Waals surface area (Å²) in [6, 6.07) is 14.2. The summed E-state index contributed by atoms with van der Waals surface area (Å²) in [4.78, 5) is 11.4. The lowest BCUT2D eigenvalue weighted by Gasteiger charge is -2.27. The van der Waals surface area contributed by atoms with Crippen molar-refractivity contribution in [3.05, 3.63) is 60.1 Å². The summed E-state index contributed by atoms with van der Waals surface area (Å²) in [5.74, 6) is 2.25. The molecule has 5 nitrogen and oxygen atoms in total. The van der Waals surface area contributed by atoms with Crippen molar-refractivity contribution in [3.63, 3.8) is 0 Å².